The van der Waals surface area contributed by atoms with Crippen LogP contribution in [0, 0.1) is 20.8 Å². The minimum Gasteiger partial charge on any atom is -0.497 e. The molecule has 1 amide bonds. The molecule has 4 nitrogen and oxygen atoms in total. The van der Waals surface area contributed by atoms with Gasteiger partial charge in [-0.1, -0.05) is 24.6 Å². The number of nitrogens with one attached hydrogen (secondary N) is 1. The van der Waals surface area contributed by atoms with E-state index in [1.54, 1.807) is 19.2 Å². The molecule has 0 aromatic heterocycles. The summed E-state index contributed by atoms with van der Waals surface area (Å²) in [5.41, 5.74) is 4.16. The van der Waals surface area contributed by atoms with E-state index in [1.165, 1.54) is 5.56 Å². The van der Waals surface area contributed by atoms with E-state index >= 15 is 0 Å². The normalized spacial score (nSPS) is 11.7. The van der Waals surface area contributed by atoms with E-state index < -0.39 is 6.10 Å². The van der Waals surface area contributed by atoms with Crippen molar-refractivity contribution < 1.29 is 14.3 Å². The van der Waals surface area contributed by atoms with Gasteiger partial charge in [-0.05, 0) is 62.6 Å². The summed E-state index contributed by atoms with van der Waals surface area (Å²) in [6, 6.07) is 11.4. The van der Waals surface area contributed by atoms with Crippen molar-refractivity contribution in [3.63, 3.8) is 0 Å². The van der Waals surface area contributed by atoms with Crippen LogP contribution in [0.4, 0.5) is 5.69 Å². The predicted molar refractivity (Wildman–Crippen MR) is 97.0 cm³/mol. The molecule has 2 aromatic carbocycles. The van der Waals surface area contributed by atoms with Gasteiger partial charge in [0.25, 0.3) is 5.91 Å². The molecule has 1 atom stereocenters. The molecular formula is C20H25NO3. The zero-order chi connectivity index (χ0) is 17.7. The van der Waals surface area contributed by atoms with E-state index in [9.17, 15) is 4.79 Å². The average Bonchev–Trinajstić information content (AvgIpc) is 2.56. The fraction of sp³-hybridized carbons (Fsp3) is 0.350. The number of rotatable bonds is 6. The number of anilines is 1. The lowest BCUT2D eigenvalue weighted by Gasteiger charge is -2.19. The van der Waals surface area contributed by atoms with E-state index in [4.69, 9.17) is 9.47 Å². The molecule has 0 heterocycles. The minimum atomic E-state index is -0.543. The van der Waals surface area contributed by atoms with Crippen molar-refractivity contribution in [3.05, 3.63) is 53.1 Å². The Morgan fingerprint density at radius 1 is 1.04 bits per heavy atom. The SMILES string of the molecule is CC[C@@H](Oc1ccc(OC)cc1)C(=O)Nc1c(C)cc(C)cc1C. The number of carbonyl (C=O) groups excluding carboxylic acids is 1. The molecule has 2 aromatic rings. The van der Waals surface area contributed by atoms with E-state index in [1.807, 2.05) is 39.8 Å². The number of amides is 1. The maximum atomic E-state index is 12.6. The van der Waals surface area contributed by atoms with Crippen LogP contribution in [0.5, 0.6) is 11.5 Å². The van der Waals surface area contributed by atoms with Crippen LogP contribution in [0.2, 0.25) is 0 Å². The molecular weight excluding hydrogens is 302 g/mol. The number of benzene rings is 2. The second-order valence-corrected chi connectivity index (χ2v) is 5.95. The third-order valence-corrected chi connectivity index (χ3v) is 3.93. The first-order valence-electron chi connectivity index (χ1n) is 8.14. The van der Waals surface area contributed by atoms with Gasteiger partial charge in [-0.15, -0.1) is 0 Å². The minimum absolute atomic E-state index is 0.136. The van der Waals surface area contributed by atoms with Crippen molar-refractivity contribution in [3.8, 4) is 11.5 Å². The lowest BCUT2D eigenvalue weighted by molar-refractivity contribution is -0.122. The van der Waals surface area contributed by atoms with Gasteiger partial charge in [0, 0.05) is 5.69 Å². The molecule has 24 heavy (non-hydrogen) atoms. The van der Waals surface area contributed by atoms with Crippen LogP contribution >= 0.6 is 0 Å². The molecule has 4 heteroatoms. The molecule has 0 aliphatic heterocycles. The van der Waals surface area contributed by atoms with Crippen LogP contribution < -0.4 is 14.8 Å². The van der Waals surface area contributed by atoms with Crippen LogP contribution in [-0.2, 0) is 4.79 Å². The molecule has 0 unspecified atom stereocenters. The zero-order valence-electron chi connectivity index (χ0n) is 15.0. The van der Waals surface area contributed by atoms with Crippen molar-refractivity contribution in [1.29, 1.82) is 0 Å². The van der Waals surface area contributed by atoms with Gasteiger partial charge in [0.1, 0.15) is 11.5 Å². The Labute approximate surface area is 143 Å². The molecule has 128 valence electrons. The number of methoxy groups -OCH3 is 1. The van der Waals surface area contributed by atoms with Crippen LogP contribution in [0.3, 0.4) is 0 Å². The lowest BCUT2D eigenvalue weighted by atomic mass is 10.0. The zero-order valence-corrected chi connectivity index (χ0v) is 15.0. The second-order valence-electron chi connectivity index (χ2n) is 5.95. The van der Waals surface area contributed by atoms with Gasteiger partial charge >= 0.3 is 0 Å². The van der Waals surface area contributed by atoms with E-state index in [2.05, 4.69) is 17.4 Å². The Morgan fingerprint density at radius 3 is 2.08 bits per heavy atom. The van der Waals surface area contributed by atoms with Gasteiger partial charge in [-0.25, -0.2) is 0 Å². The monoisotopic (exact) mass is 327 g/mol. The molecule has 1 N–H and O–H groups in total. The average molecular weight is 327 g/mol. The smallest absolute Gasteiger partial charge is 0.265 e. The Hall–Kier alpha value is -2.49. The predicted octanol–water partition coefficient (Wildman–Crippen LogP) is 4.42. The summed E-state index contributed by atoms with van der Waals surface area (Å²) in [4.78, 5) is 12.6. The summed E-state index contributed by atoms with van der Waals surface area (Å²) in [5.74, 6) is 1.27. The van der Waals surface area contributed by atoms with Crippen LogP contribution in [0.15, 0.2) is 36.4 Å². The molecule has 0 saturated heterocycles. The summed E-state index contributed by atoms with van der Waals surface area (Å²) in [5, 5.41) is 3.01. The van der Waals surface area contributed by atoms with Gasteiger partial charge in [0.15, 0.2) is 6.10 Å². The number of aryl methyl sites for hydroxylation is 3. The molecule has 2 rings (SSSR count). The van der Waals surface area contributed by atoms with Gasteiger partial charge in [-0.3, -0.25) is 4.79 Å². The third-order valence-electron chi connectivity index (χ3n) is 3.93. The van der Waals surface area contributed by atoms with Crippen molar-refractivity contribution in [2.45, 2.75) is 40.2 Å². The summed E-state index contributed by atoms with van der Waals surface area (Å²) in [7, 11) is 1.62. The largest absolute Gasteiger partial charge is 0.497 e. The Kier molecular flexibility index (Phi) is 5.85. The van der Waals surface area contributed by atoms with Crippen molar-refractivity contribution in [1.82, 2.24) is 0 Å². The highest BCUT2D eigenvalue weighted by Crippen LogP contribution is 2.23. The van der Waals surface area contributed by atoms with Crippen LogP contribution in [0.1, 0.15) is 30.0 Å². The highest BCUT2D eigenvalue weighted by molar-refractivity contribution is 5.95. The first-order valence-corrected chi connectivity index (χ1v) is 8.14. The molecule has 0 bridgehead atoms. The van der Waals surface area contributed by atoms with Gasteiger partial charge in [0.05, 0.1) is 7.11 Å². The van der Waals surface area contributed by atoms with E-state index in [0.717, 1.165) is 22.6 Å². The van der Waals surface area contributed by atoms with Crippen molar-refractivity contribution in [2.75, 3.05) is 12.4 Å². The first kappa shape index (κ1) is 17.9. The van der Waals surface area contributed by atoms with Crippen LogP contribution in [-0.4, -0.2) is 19.1 Å². The maximum absolute atomic E-state index is 12.6. The molecule has 0 saturated carbocycles. The number of ether oxygens (including phenoxy) is 2. The topological polar surface area (TPSA) is 47.6 Å². The van der Waals surface area contributed by atoms with Crippen LogP contribution in [0.25, 0.3) is 0 Å². The Morgan fingerprint density at radius 2 is 1.58 bits per heavy atom. The number of hydrogen-bond donors (Lipinski definition) is 1. The fourth-order valence-electron chi connectivity index (χ4n) is 2.72. The molecule has 0 spiro atoms. The van der Waals surface area contributed by atoms with Gasteiger partial charge in [0.2, 0.25) is 0 Å². The standard InChI is InChI=1S/C20H25NO3/c1-6-18(24-17-9-7-16(23-5)8-10-17)20(22)21-19-14(3)11-13(2)12-15(19)4/h7-12,18H,6H2,1-5H3,(H,21,22)/t18-/m1/s1. The molecule has 0 aliphatic rings. The Balaban J connectivity index is 2.11. The summed E-state index contributed by atoms with van der Waals surface area (Å²) in [6.45, 7) is 7.98. The number of hydrogen-bond acceptors (Lipinski definition) is 3. The summed E-state index contributed by atoms with van der Waals surface area (Å²) >= 11 is 0. The maximum Gasteiger partial charge on any atom is 0.265 e. The second kappa shape index (κ2) is 7.86. The third kappa shape index (κ3) is 4.28. The number of carbonyl (C=O) groups is 1. The highest BCUT2D eigenvalue weighted by atomic mass is 16.5. The van der Waals surface area contributed by atoms with E-state index in [-0.39, 0.29) is 5.91 Å². The van der Waals surface area contributed by atoms with Crippen molar-refractivity contribution in [2.24, 2.45) is 0 Å². The quantitative estimate of drug-likeness (QED) is 0.854. The molecule has 0 aliphatic carbocycles. The fourth-order valence-corrected chi connectivity index (χ4v) is 2.72. The summed E-state index contributed by atoms with van der Waals surface area (Å²) < 4.78 is 11.0. The van der Waals surface area contributed by atoms with Gasteiger partial charge in [-0.2, -0.15) is 0 Å². The van der Waals surface area contributed by atoms with E-state index in [0.29, 0.717) is 12.2 Å². The molecule has 0 radical (unpaired) electrons. The van der Waals surface area contributed by atoms with Gasteiger partial charge < -0.3 is 14.8 Å². The summed E-state index contributed by atoms with van der Waals surface area (Å²) in [6.07, 6.45) is 0.0421. The first-order chi connectivity index (χ1) is 11.4. The molecule has 0 fully saturated rings. The Bertz CT molecular complexity index is 684. The lowest BCUT2D eigenvalue weighted by Crippen LogP contribution is -2.32. The highest BCUT2D eigenvalue weighted by Gasteiger charge is 2.20. The van der Waals surface area contributed by atoms with Crippen molar-refractivity contribution >= 4 is 11.6 Å².